The minimum Gasteiger partial charge on any atom is -0.740 e. The third-order valence-corrected chi connectivity index (χ3v) is 3.59. The van der Waals surface area contributed by atoms with Gasteiger partial charge in [0.2, 0.25) is 5.82 Å². The van der Waals surface area contributed by atoms with E-state index in [1.54, 1.807) is 19.1 Å². The van der Waals surface area contributed by atoms with E-state index in [9.17, 15) is 10.3 Å². The van der Waals surface area contributed by atoms with Crippen LogP contribution in [0.4, 0.5) is 0 Å². The van der Waals surface area contributed by atoms with Gasteiger partial charge in [0.1, 0.15) is 5.75 Å². The molecule has 0 bridgehead atoms. The number of aryl methyl sites for hydroxylation is 1. The Morgan fingerprint density at radius 1 is 1.30 bits per heavy atom. The summed E-state index contributed by atoms with van der Waals surface area (Å²) >= 11 is 0. The predicted molar refractivity (Wildman–Crippen MR) is 87.1 cm³/mol. The smallest absolute Gasteiger partial charge is 0.279 e. The number of phenolic OH excluding ortho intramolecular Hbond substituents is 1. The van der Waals surface area contributed by atoms with Crippen molar-refractivity contribution in [1.29, 1.82) is 0 Å². The number of nitrogens with zero attached hydrogens (tertiary/aromatic N) is 3. The molecular weight excluding hydrogens is 294 g/mol. The van der Waals surface area contributed by atoms with Crippen molar-refractivity contribution in [2.45, 2.75) is 40.0 Å². The fourth-order valence-corrected chi connectivity index (χ4v) is 2.34. The first kappa shape index (κ1) is 17.1. The van der Waals surface area contributed by atoms with Crippen LogP contribution in [0.1, 0.15) is 43.9 Å². The lowest BCUT2D eigenvalue weighted by Gasteiger charge is -2.13. The van der Waals surface area contributed by atoms with Gasteiger partial charge in [-0.1, -0.05) is 23.8 Å². The minimum absolute atomic E-state index is 0.149. The summed E-state index contributed by atoms with van der Waals surface area (Å²) in [4.78, 5) is 8.60. The number of hydrogen-bond donors (Lipinski definition) is 1. The second kappa shape index (κ2) is 7.37. The van der Waals surface area contributed by atoms with E-state index in [4.69, 9.17) is 4.74 Å². The molecule has 124 valence electrons. The summed E-state index contributed by atoms with van der Waals surface area (Å²) in [7, 11) is 0. The van der Waals surface area contributed by atoms with Crippen LogP contribution in [0.15, 0.2) is 18.2 Å². The van der Waals surface area contributed by atoms with Gasteiger partial charge in [0.05, 0.1) is 18.6 Å². The lowest BCUT2D eigenvalue weighted by Crippen LogP contribution is -2.36. The van der Waals surface area contributed by atoms with Gasteiger partial charge in [0.25, 0.3) is 11.6 Å². The van der Waals surface area contributed by atoms with Crippen LogP contribution in [0.3, 0.4) is 0 Å². The second-order valence-corrected chi connectivity index (χ2v) is 5.68. The van der Waals surface area contributed by atoms with Crippen LogP contribution >= 0.6 is 0 Å². The molecule has 1 N–H and O–H groups in total. The zero-order chi connectivity index (χ0) is 17.0. The Balaban J connectivity index is 2.43. The Morgan fingerprint density at radius 3 is 2.70 bits per heavy atom. The summed E-state index contributed by atoms with van der Waals surface area (Å²) in [5.74, 6) is 1.60. The van der Waals surface area contributed by atoms with Gasteiger partial charge < -0.3 is 15.1 Å². The zero-order valence-electron chi connectivity index (χ0n) is 14.0. The summed E-state index contributed by atoms with van der Waals surface area (Å²) < 4.78 is 6.04. The van der Waals surface area contributed by atoms with Crippen molar-refractivity contribution < 1.29 is 14.6 Å². The molecule has 0 saturated heterocycles. The van der Waals surface area contributed by atoms with Gasteiger partial charge >= 0.3 is 0 Å². The van der Waals surface area contributed by atoms with Crippen LogP contribution in [0.2, 0.25) is 0 Å². The molecule has 2 aromatic rings. The van der Waals surface area contributed by atoms with Gasteiger partial charge in [-0.15, -0.1) is 0 Å². The summed E-state index contributed by atoms with van der Waals surface area (Å²) in [6.07, 6.45) is 0.553. The number of benzene rings is 1. The second-order valence-electron chi connectivity index (χ2n) is 5.68. The summed E-state index contributed by atoms with van der Waals surface area (Å²) in [5, 5.41) is 22.3. The normalized spacial score (nSPS) is 11.2. The van der Waals surface area contributed by atoms with E-state index >= 15 is 0 Å². The quantitative estimate of drug-likeness (QED) is 0.503. The fraction of sp³-hybridized carbons (Fsp3) is 0.471. The first-order valence-electron chi connectivity index (χ1n) is 7.82. The predicted octanol–water partition coefficient (Wildman–Crippen LogP) is 2.49. The molecule has 0 aliphatic rings. The first-order valence-corrected chi connectivity index (χ1v) is 7.82. The Morgan fingerprint density at radius 2 is 2.04 bits per heavy atom. The minimum atomic E-state index is 0.149. The molecule has 0 amide bonds. The van der Waals surface area contributed by atoms with Gasteiger partial charge in [-0.3, -0.25) is 0 Å². The molecule has 0 radical (unpaired) electrons. The van der Waals surface area contributed by atoms with E-state index in [1.807, 2.05) is 26.8 Å². The average molecular weight is 317 g/mol. The van der Waals surface area contributed by atoms with Gasteiger partial charge in [0, 0.05) is 13.5 Å². The van der Waals surface area contributed by atoms with Gasteiger partial charge in [-0.25, -0.2) is 4.73 Å². The van der Waals surface area contributed by atoms with Crippen LogP contribution in [0.25, 0.3) is 11.4 Å². The summed E-state index contributed by atoms with van der Waals surface area (Å²) in [6, 6.07) is 5.11. The molecule has 1 aromatic carbocycles. The van der Waals surface area contributed by atoms with Crippen LogP contribution in [-0.2, 0) is 11.2 Å². The Bertz CT molecular complexity index is 687. The van der Waals surface area contributed by atoms with Crippen LogP contribution in [-0.4, -0.2) is 28.3 Å². The highest BCUT2D eigenvalue weighted by Gasteiger charge is 2.18. The maximum absolute atomic E-state index is 12.3. The average Bonchev–Trinajstić information content (AvgIpc) is 2.51. The summed E-state index contributed by atoms with van der Waals surface area (Å²) in [5.41, 5.74) is 1.46. The number of rotatable bonds is 6. The van der Waals surface area contributed by atoms with Gasteiger partial charge in [0.15, 0.2) is 0 Å². The van der Waals surface area contributed by atoms with Crippen molar-refractivity contribution in [2.75, 3.05) is 13.2 Å². The molecular formula is C17H23N3O3. The SMILES string of the molecule is CCOCCc1nc(C)[n+]([O-])c(-c2ccc(O)c(C(C)C)c2)n1. The van der Waals surface area contributed by atoms with Crippen molar-refractivity contribution in [3.8, 4) is 17.1 Å². The molecule has 6 heteroatoms. The number of phenols is 1. The highest BCUT2D eigenvalue weighted by molar-refractivity contribution is 5.57. The van der Waals surface area contributed by atoms with Crippen molar-refractivity contribution in [3.63, 3.8) is 0 Å². The van der Waals surface area contributed by atoms with Crippen LogP contribution < -0.4 is 4.73 Å². The maximum atomic E-state index is 12.3. The number of ether oxygens (including phenoxy) is 1. The zero-order valence-corrected chi connectivity index (χ0v) is 14.0. The van der Waals surface area contributed by atoms with Gasteiger partial charge in [-0.2, -0.15) is 0 Å². The van der Waals surface area contributed by atoms with Crippen molar-refractivity contribution in [3.05, 3.63) is 40.6 Å². The van der Waals surface area contributed by atoms with Crippen molar-refractivity contribution >= 4 is 0 Å². The molecule has 23 heavy (non-hydrogen) atoms. The Labute approximate surface area is 136 Å². The van der Waals surface area contributed by atoms with Gasteiger partial charge in [-0.05, 0) is 36.6 Å². The third kappa shape index (κ3) is 3.96. The first-order chi connectivity index (χ1) is 10.9. The molecule has 0 unspecified atom stereocenters. The lowest BCUT2D eigenvalue weighted by molar-refractivity contribution is -0.607. The monoisotopic (exact) mass is 317 g/mol. The molecule has 0 saturated carbocycles. The van der Waals surface area contributed by atoms with E-state index in [0.29, 0.717) is 42.7 Å². The Hall–Kier alpha value is -2.21. The summed E-state index contributed by atoms with van der Waals surface area (Å²) in [6.45, 7) is 8.72. The van der Waals surface area contributed by atoms with Crippen molar-refractivity contribution in [2.24, 2.45) is 0 Å². The van der Waals surface area contributed by atoms with E-state index in [-0.39, 0.29) is 11.7 Å². The molecule has 0 aliphatic carbocycles. The van der Waals surface area contributed by atoms with E-state index < -0.39 is 0 Å². The maximum Gasteiger partial charge on any atom is 0.279 e. The van der Waals surface area contributed by atoms with E-state index in [2.05, 4.69) is 9.97 Å². The molecule has 0 atom stereocenters. The number of aromatic nitrogens is 3. The third-order valence-electron chi connectivity index (χ3n) is 3.59. The molecule has 0 spiro atoms. The Kier molecular flexibility index (Phi) is 5.50. The standard InChI is InChI=1S/C17H23N3O3/c1-5-23-9-8-16-18-12(4)20(22)17(19-16)13-6-7-15(21)14(10-13)11(2)3/h6-7,10-11,21H,5,8-9H2,1-4H3. The molecule has 1 heterocycles. The molecule has 0 fully saturated rings. The van der Waals surface area contributed by atoms with Crippen LogP contribution in [0, 0.1) is 12.1 Å². The molecule has 2 rings (SSSR count). The molecule has 0 aliphatic heterocycles. The fourth-order valence-electron chi connectivity index (χ4n) is 2.34. The highest BCUT2D eigenvalue weighted by Crippen LogP contribution is 2.29. The highest BCUT2D eigenvalue weighted by atomic mass is 16.5. The van der Waals surface area contributed by atoms with Crippen LogP contribution in [0.5, 0.6) is 5.75 Å². The molecule has 1 aromatic heterocycles. The number of aromatic hydroxyl groups is 1. The van der Waals surface area contributed by atoms with E-state index in [1.165, 1.54) is 0 Å². The molecule has 6 nitrogen and oxygen atoms in total. The largest absolute Gasteiger partial charge is 0.740 e. The number of hydrogen-bond acceptors (Lipinski definition) is 5. The van der Waals surface area contributed by atoms with Crippen molar-refractivity contribution in [1.82, 2.24) is 9.97 Å². The topological polar surface area (TPSA) is 82.2 Å². The lowest BCUT2D eigenvalue weighted by atomic mass is 9.99. The van der Waals surface area contributed by atoms with E-state index in [0.717, 1.165) is 10.3 Å².